The van der Waals surface area contributed by atoms with Gasteiger partial charge in [-0.25, -0.2) is 4.98 Å². The maximum absolute atomic E-state index is 5.56. The highest BCUT2D eigenvalue weighted by molar-refractivity contribution is 9.10. The van der Waals surface area contributed by atoms with Crippen molar-refractivity contribution >= 4 is 27.3 Å². The maximum Gasteiger partial charge on any atom is 0.162 e. The smallest absolute Gasteiger partial charge is 0.162 e. The van der Waals surface area contributed by atoms with Crippen molar-refractivity contribution in [1.82, 2.24) is 4.98 Å². The Labute approximate surface area is 112 Å². The summed E-state index contributed by atoms with van der Waals surface area (Å²) in [5.41, 5.74) is 1.06. The van der Waals surface area contributed by atoms with E-state index >= 15 is 0 Å². The molecule has 0 N–H and O–H groups in total. The highest BCUT2D eigenvalue weighted by atomic mass is 79.9. The Bertz CT molecular complexity index is 548. The zero-order chi connectivity index (χ0) is 11.8. The largest absolute Gasteiger partial charge is 0.486 e. The van der Waals surface area contributed by atoms with Crippen LogP contribution < -0.4 is 9.47 Å². The van der Waals surface area contributed by atoms with Crippen molar-refractivity contribution in [2.75, 3.05) is 13.2 Å². The first-order valence-corrected chi connectivity index (χ1v) is 6.88. The van der Waals surface area contributed by atoms with Crippen molar-refractivity contribution in [3.05, 3.63) is 27.7 Å². The number of aromatic nitrogens is 1. The molecule has 88 valence electrons. The SMILES string of the molecule is Cc1sc(-c2ccc3c(c2)OCCO3)nc1Br. The van der Waals surface area contributed by atoms with Crippen LogP contribution in [0, 0.1) is 6.92 Å². The van der Waals surface area contributed by atoms with E-state index < -0.39 is 0 Å². The molecule has 0 bridgehead atoms. The van der Waals surface area contributed by atoms with Gasteiger partial charge in [-0.05, 0) is 41.1 Å². The van der Waals surface area contributed by atoms with Gasteiger partial charge in [0.25, 0.3) is 0 Å². The summed E-state index contributed by atoms with van der Waals surface area (Å²) in [6, 6.07) is 5.94. The molecule has 17 heavy (non-hydrogen) atoms. The van der Waals surface area contributed by atoms with Crippen LogP contribution in [0.3, 0.4) is 0 Å². The van der Waals surface area contributed by atoms with Crippen molar-refractivity contribution < 1.29 is 9.47 Å². The Balaban J connectivity index is 2.03. The van der Waals surface area contributed by atoms with Crippen LogP contribution >= 0.6 is 27.3 Å². The van der Waals surface area contributed by atoms with Gasteiger partial charge >= 0.3 is 0 Å². The Kier molecular flexibility index (Phi) is 2.80. The number of rotatable bonds is 1. The summed E-state index contributed by atoms with van der Waals surface area (Å²) in [4.78, 5) is 5.64. The van der Waals surface area contributed by atoms with Crippen LogP contribution in [0.2, 0.25) is 0 Å². The molecule has 3 nitrogen and oxygen atoms in total. The minimum atomic E-state index is 0.608. The van der Waals surface area contributed by atoms with Gasteiger partial charge in [-0.15, -0.1) is 11.3 Å². The van der Waals surface area contributed by atoms with Crippen LogP contribution in [0.1, 0.15) is 4.88 Å². The summed E-state index contributed by atoms with van der Waals surface area (Å²) in [6.45, 7) is 3.27. The number of hydrogen-bond donors (Lipinski definition) is 0. The van der Waals surface area contributed by atoms with Gasteiger partial charge in [0, 0.05) is 10.4 Å². The number of halogens is 1. The van der Waals surface area contributed by atoms with Crippen LogP contribution in [0.4, 0.5) is 0 Å². The molecule has 1 aromatic carbocycles. The molecule has 2 heterocycles. The molecule has 0 fully saturated rings. The van der Waals surface area contributed by atoms with E-state index in [1.807, 2.05) is 25.1 Å². The van der Waals surface area contributed by atoms with E-state index in [0.717, 1.165) is 26.7 Å². The molecular weight excluding hydrogens is 302 g/mol. The normalized spacial score (nSPS) is 13.8. The molecule has 0 radical (unpaired) electrons. The predicted octanol–water partition coefficient (Wildman–Crippen LogP) is 3.65. The monoisotopic (exact) mass is 311 g/mol. The molecule has 1 aliphatic heterocycles. The fourth-order valence-electron chi connectivity index (χ4n) is 1.68. The third kappa shape index (κ3) is 2.05. The first-order chi connectivity index (χ1) is 8.24. The Morgan fingerprint density at radius 2 is 2.00 bits per heavy atom. The van der Waals surface area contributed by atoms with Crippen LogP contribution in [0.15, 0.2) is 22.8 Å². The first-order valence-electron chi connectivity index (χ1n) is 5.27. The standard InChI is InChI=1S/C12H10BrNO2S/c1-7-11(13)14-12(17-7)8-2-3-9-10(6-8)16-5-4-15-9/h2-3,6H,4-5H2,1H3. The molecule has 0 spiro atoms. The number of nitrogens with zero attached hydrogens (tertiary/aromatic N) is 1. The summed E-state index contributed by atoms with van der Waals surface area (Å²) >= 11 is 5.10. The maximum atomic E-state index is 5.56. The zero-order valence-electron chi connectivity index (χ0n) is 9.20. The minimum Gasteiger partial charge on any atom is -0.486 e. The van der Waals surface area contributed by atoms with E-state index in [1.165, 1.54) is 4.88 Å². The Morgan fingerprint density at radius 3 is 2.71 bits per heavy atom. The summed E-state index contributed by atoms with van der Waals surface area (Å²) in [5.74, 6) is 1.62. The number of hydrogen-bond acceptors (Lipinski definition) is 4. The van der Waals surface area contributed by atoms with Crippen LogP contribution in [0.25, 0.3) is 10.6 Å². The lowest BCUT2D eigenvalue weighted by molar-refractivity contribution is 0.171. The lowest BCUT2D eigenvalue weighted by Crippen LogP contribution is -2.15. The van der Waals surface area contributed by atoms with E-state index in [-0.39, 0.29) is 0 Å². The summed E-state index contributed by atoms with van der Waals surface area (Å²) in [5, 5.41) is 0.992. The third-order valence-corrected chi connectivity index (χ3v) is 4.58. The molecule has 0 aliphatic carbocycles. The fourth-order valence-corrected chi connectivity index (χ4v) is 3.02. The lowest BCUT2D eigenvalue weighted by atomic mass is 10.2. The highest BCUT2D eigenvalue weighted by Crippen LogP contribution is 2.37. The molecule has 3 rings (SSSR count). The van der Waals surface area contributed by atoms with Gasteiger partial charge in [-0.1, -0.05) is 0 Å². The molecule has 1 aliphatic rings. The number of thiazole rings is 1. The molecular formula is C12H10BrNO2S. The molecule has 0 atom stereocenters. The van der Waals surface area contributed by atoms with Crippen molar-refractivity contribution in [2.45, 2.75) is 6.92 Å². The van der Waals surface area contributed by atoms with E-state index in [0.29, 0.717) is 13.2 Å². The summed E-state index contributed by atoms with van der Waals surface area (Å²) in [7, 11) is 0. The van der Waals surface area contributed by atoms with Gasteiger partial charge in [-0.2, -0.15) is 0 Å². The average molecular weight is 312 g/mol. The van der Waals surface area contributed by atoms with Crippen LogP contribution in [-0.4, -0.2) is 18.2 Å². The fraction of sp³-hybridized carbons (Fsp3) is 0.250. The molecule has 0 unspecified atom stereocenters. The molecule has 0 amide bonds. The second-order valence-electron chi connectivity index (χ2n) is 3.72. The second-order valence-corrected chi connectivity index (χ2v) is 5.68. The molecule has 0 saturated carbocycles. The topological polar surface area (TPSA) is 31.4 Å². The number of aryl methyl sites for hydroxylation is 1. The quantitative estimate of drug-likeness (QED) is 0.805. The van der Waals surface area contributed by atoms with E-state index in [2.05, 4.69) is 20.9 Å². The molecule has 0 saturated heterocycles. The predicted molar refractivity (Wildman–Crippen MR) is 71.0 cm³/mol. The minimum absolute atomic E-state index is 0.608. The van der Waals surface area contributed by atoms with Gasteiger partial charge in [0.1, 0.15) is 22.8 Å². The molecule has 1 aromatic heterocycles. The number of benzene rings is 1. The van der Waals surface area contributed by atoms with Gasteiger partial charge < -0.3 is 9.47 Å². The van der Waals surface area contributed by atoms with Crippen LogP contribution in [0.5, 0.6) is 11.5 Å². The number of fused-ring (bicyclic) bond motifs is 1. The van der Waals surface area contributed by atoms with Crippen molar-refractivity contribution in [3.63, 3.8) is 0 Å². The van der Waals surface area contributed by atoms with Crippen molar-refractivity contribution in [3.8, 4) is 22.1 Å². The number of ether oxygens (including phenoxy) is 2. The lowest BCUT2D eigenvalue weighted by Gasteiger charge is -2.18. The van der Waals surface area contributed by atoms with Crippen molar-refractivity contribution in [1.29, 1.82) is 0 Å². The Morgan fingerprint density at radius 1 is 1.24 bits per heavy atom. The molecule has 5 heteroatoms. The van der Waals surface area contributed by atoms with Gasteiger partial charge in [-0.3, -0.25) is 0 Å². The average Bonchev–Trinajstić information content (AvgIpc) is 2.69. The van der Waals surface area contributed by atoms with Crippen molar-refractivity contribution in [2.24, 2.45) is 0 Å². The van der Waals surface area contributed by atoms with E-state index in [9.17, 15) is 0 Å². The van der Waals surface area contributed by atoms with E-state index in [4.69, 9.17) is 9.47 Å². The van der Waals surface area contributed by atoms with Gasteiger partial charge in [0.15, 0.2) is 11.5 Å². The third-order valence-electron chi connectivity index (χ3n) is 2.53. The summed E-state index contributed by atoms with van der Waals surface area (Å²) < 4.78 is 12.0. The van der Waals surface area contributed by atoms with Gasteiger partial charge in [0.05, 0.1) is 0 Å². The molecule has 2 aromatic rings. The Hall–Kier alpha value is -1.07. The highest BCUT2D eigenvalue weighted by Gasteiger charge is 2.14. The second kappa shape index (κ2) is 4.31. The van der Waals surface area contributed by atoms with E-state index in [1.54, 1.807) is 11.3 Å². The van der Waals surface area contributed by atoms with Crippen LogP contribution in [-0.2, 0) is 0 Å². The zero-order valence-corrected chi connectivity index (χ0v) is 11.6. The summed E-state index contributed by atoms with van der Waals surface area (Å²) in [6.07, 6.45) is 0. The van der Waals surface area contributed by atoms with Gasteiger partial charge in [0.2, 0.25) is 0 Å². The first kappa shape index (κ1) is 11.0.